The Bertz CT molecular complexity index is 900. The summed E-state index contributed by atoms with van der Waals surface area (Å²) >= 11 is 0. The fourth-order valence-electron chi connectivity index (χ4n) is 2.59. The molecule has 0 bridgehead atoms. The third-order valence-corrected chi connectivity index (χ3v) is 4.10. The highest BCUT2D eigenvalue weighted by Crippen LogP contribution is 2.17. The Morgan fingerprint density at radius 1 is 1.17 bits per heavy atom. The molecule has 3 rings (SSSR count). The van der Waals surface area contributed by atoms with Crippen LogP contribution < -0.4 is 5.32 Å². The number of hydrogen-bond acceptors (Lipinski definition) is 4. The number of aromatic nitrogens is 4. The number of nitrogens with one attached hydrogen (secondary N) is 2. The van der Waals surface area contributed by atoms with Gasteiger partial charge in [-0.25, -0.2) is 15.0 Å². The number of aromatic amines is 1. The van der Waals surface area contributed by atoms with Gasteiger partial charge in [0.1, 0.15) is 5.82 Å². The highest BCUT2D eigenvalue weighted by Gasteiger charge is 2.17. The van der Waals surface area contributed by atoms with E-state index in [9.17, 15) is 4.79 Å². The number of carbonyl (C=O) groups is 1. The summed E-state index contributed by atoms with van der Waals surface area (Å²) in [4.78, 5) is 29.1. The van der Waals surface area contributed by atoms with E-state index < -0.39 is 0 Å². The molecular formula is C18H21N5O. The van der Waals surface area contributed by atoms with Crippen molar-refractivity contribution in [2.24, 2.45) is 0 Å². The summed E-state index contributed by atoms with van der Waals surface area (Å²) in [5.74, 6) is 0.633. The molecule has 6 heteroatoms. The Kier molecular flexibility index (Phi) is 4.29. The first kappa shape index (κ1) is 16.1. The van der Waals surface area contributed by atoms with Gasteiger partial charge in [0, 0.05) is 17.5 Å². The lowest BCUT2D eigenvalue weighted by Crippen LogP contribution is -2.28. The molecule has 24 heavy (non-hydrogen) atoms. The third-order valence-electron chi connectivity index (χ3n) is 4.10. The molecule has 124 valence electrons. The molecular weight excluding hydrogens is 302 g/mol. The number of imidazole rings is 1. The zero-order chi connectivity index (χ0) is 17.3. The van der Waals surface area contributed by atoms with Crippen molar-refractivity contribution in [2.45, 2.75) is 40.2 Å². The Morgan fingerprint density at radius 3 is 2.50 bits per heavy atom. The van der Waals surface area contributed by atoms with Crippen molar-refractivity contribution >= 4 is 16.9 Å². The second-order valence-corrected chi connectivity index (χ2v) is 5.98. The molecule has 1 aromatic carbocycles. The van der Waals surface area contributed by atoms with E-state index in [0.29, 0.717) is 5.56 Å². The van der Waals surface area contributed by atoms with Crippen molar-refractivity contribution in [3.05, 3.63) is 52.9 Å². The van der Waals surface area contributed by atoms with E-state index in [0.717, 1.165) is 40.4 Å². The van der Waals surface area contributed by atoms with Gasteiger partial charge in [-0.1, -0.05) is 6.92 Å². The molecule has 0 saturated carbocycles. The molecule has 2 heterocycles. The Labute approximate surface area is 140 Å². The third kappa shape index (κ3) is 3.13. The zero-order valence-electron chi connectivity index (χ0n) is 14.3. The van der Waals surface area contributed by atoms with Crippen LogP contribution in [0.5, 0.6) is 0 Å². The second kappa shape index (κ2) is 6.39. The van der Waals surface area contributed by atoms with Crippen LogP contribution in [-0.2, 0) is 0 Å². The van der Waals surface area contributed by atoms with Gasteiger partial charge < -0.3 is 10.3 Å². The van der Waals surface area contributed by atoms with Crippen molar-refractivity contribution in [1.82, 2.24) is 25.3 Å². The van der Waals surface area contributed by atoms with Gasteiger partial charge in [0.05, 0.1) is 28.5 Å². The van der Waals surface area contributed by atoms with Gasteiger partial charge in [0.2, 0.25) is 0 Å². The largest absolute Gasteiger partial charge is 0.344 e. The molecule has 0 radical (unpaired) electrons. The van der Waals surface area contributed by atoms with E-state index >= 15 is 0 Å². The number of benzene rings is 1. The molecule has 0 saturated heterocycles. The van der Waals surface area contributed by atoms with Crippen molar-refractivity contribution in [3.8, 4) is 0 Å². The Balaban J connectivity index is 1.86. The SMILES string of the molecule is CC[C@@H](NC(=O)c1ccc2nc(C)c(C)nc2c1)c1ncc(C)[nH]1. The normalized spacial score (nSPS) is 12.3. The lowest BCUT2D eigenvalue weighted by molar-refractivity contribution is 0.0934. The molecule has 0 aliphatic heterocycles. The van der Waals surface area contributed by atoms with Crippen LogP contribution in [0.15, 0.2) is 24.4 Å². The summed E-state index contributed by atoms with van der Waals surface area (Å²) in [7, 11) is 0. The van der Waals surface area contributed by atoms with Gasteiger partial charge in [-0.2, -0.15) is 0 Å². The maximum atomic E-state index is 12.6. The average Bonchev–Trinajstić information content (AvgIpc) is 2.99. The molecule has 2 aromatic heterocycles. The van der Waals surface area contributed by atoms with Gasteiger partial charge in [0.25, 0.3) is 5.91 Å². The number of carbonyl (C=O) groups excluding carboxylic acids is 1. The number of hydrogen-bond donors (Lipinski definition) is 2. The quantitative estimate of drug-likeness (QED) is 0.772. The van der Waals surface area contributed by atoms with Crippen molar-refractivity contribution < 1.29 is 4.79 Å². The van der Waals surface area contributed by atoms with Crippen LogP contribution in [0.25, 0.3) is 11.0 Å². The van der Waals surface area contributed by atoms with E-state index in [1.807, 2.05) is 33.8 Å². The van der Waals surface area contributed by atoms with Crippen molar-refractivity contribution in [2.75, 3.05) is 0 Å². The Hall–Kier alpha value is -2.76. The van der Waals surface area contributed by atoms with Gasteiger partial charge in [-0.3, -0.25) is 4.79 Å². The molecule has 0 fully saturated rings. The number of fused-ring (bicyclic) bond motifs is 1. The van der Waals surface area contributed by atoms with Crippen molar-refractivity contribution in [3.63, 3.8) is 0 Å². The molecule has 0 aliphatic carbocycles. The zero-order valence-corrected chi connectivity index (χ0v) is 14.3. The first-order valence-electron chi connectivity index (χ1n) is 8.05. The van der Waals surface area contributed by atoms with Gasteiger partial charge >= 0.3 is 0 Å². The fourth-order valence-corrected chi connectivity index (χ4v) is 2.59. The van der Waals surface area contributed by atoms with Crippen LogP contribution in [0.4, 0.5) is 0 Å². The maximum Gasteiger partial charge on any atom is 0.251 e. The maximum absolute atomic E-state index is 12.6. The molecule has 0 aliphatic rings. The predicted molar refractivity (Wildman–Crippen MR) is 92.8 cm³/mol. The predicted octanol–water partition coefficient (Wildman–Crippen LogP) is 3.16. The summed E-state index contributed by atoms with van der Waals surface area (Å²) in [6.07, 6.45) is 2.52. The smallest absolute Gasteiger partial charge is 0.251 e. The number of aryl methyl sites for hydroxylation is 3. The number of H-pyrrole nitrogens is 1. The van der Waals surface area contributed by atoms with Crippen LogP contribution in [-0.4, -0.2) is 25.8 Å². The minimum Gasteiger partial charge on any atom is -0.344 e. The first-order chi connectivity index (χ1) is 11.5. The van der Waals surface area contributed by atoms with Gasteiger partial charge in [-0.15, -0.1) is 0 Å². The van der Waals surface area contributed by atoms with Gasteiger partial charge in [0.15, 0.2) is 0 Å². The number of nitrogens with zero attached hydrogens (tertiary/aromatic N) is 3. The van der Waals surface area contributed by atoms with E-state index in [2.05, 4.69) is 25.3 Å². The lowest BCUT2D eigenvalue weighted by atomic mass is 10.1. The average molecular weight is 323 g/mol. The number of amides is 1. The summed E-state index contributed by atoms with van der Waals surface area (Å²) in [5, 5.41) is 3.02. The molecule has 2 N–H and O–H groups in total. The molecule has 0 unspecified atom stereocenters. The van der Waals surface area contributed by atoms with E-state index in [1.54, 1.807) is 18.3 Å². The minimum absolute atomic E-state index is 0.141. The fraction of sp³-hybridized carbons (Fsp3) is 0.333. The van der Waals surface area contributed by atoms with E-state index in [4.69, 9.17) is 0 Å². The summed E-state index contributed by atoms with van der Waals surface area (Å²) in [5.41, 5.74) is 4.85. The van der Waals surface area contributed by atoms with Crippen LogP contribution >= 0.6 is 0 Å². The highest BCUT2D eigenvalue weighted by molar-refractivity contribution is 5.97. The lowest BCUT2D eigenvalue weighted by Gasteiger charge is -2.15. The van der Waals surface area contributed by atoms with Gasteiger partial charge in [-0.05, 0) is 45.4 Å². The van der Waals surface area contributed by atoms with Crippen LogP contribution in [0.1, 0.15) is 52.7 Å². The van der Waals surface area contributed by atoms with E-state index in [1.165, 1.54) is 0 Å². The summed E-state index contributed by atoms with van der Waals surface area (Å²) in [6, 6.07) is 5.25. The van der Waals surface area contributed by atoms with Crippen molar-refractivity contribution in [1.29, 1.82) is 0 Å². The standard InChI is InChI=1S/C18H21N5O/c1-5-14(17-19-9-10(2)20-17)23-18(24)13-6-7-15-16(8-13)22-12(4)11(3)21-15/h6-9,14H,5H2,1-4H3,(H,19,20)(H,23,24)/t14-/m1/s1. The highest BCUT2D eigenvalue weighted by atomic mass is 16.1. The van der Waals surface area contributed by atoms with Crippen LogP contribution in [0.3, 0.4) is 0 Å². The second-order valence-electron chi connectivity index (χ2n) is 5.98. The molecule has 3 aromatic rings. The summed E-state index contributed by atoms with van der Waals surface area (Å²) in [6.45, 7) is 7.80. The Morgan fingerprint density at radius 2 is 1.88 bits per heavy atom. The van der Waals surface area contributed by atoms with Crippen LogP contribution in [0, 0.1) is 20.8 Å². The summed E-state index contributed by atoms with van der Waals surface area (Å²) < 4.78 is 0. The van der Waals surface area contributed by atoms with Crippen LogP contribution in [0.2, 0.25) is 0 Å². The minimum atomic E-state index is -0.146. The molecule has 0 spiro atoms. The molecule has 6 nitrogen and oxygen atoms in total. The first-order valence-corrected chi connectivity index (χ1v) is 8.05. The molecule has 1 amide bonds. The number of rotatable bonds is 4. The van der Waals surface area contributed by atoms with E-state index in [-0.39, 0.29) is 11.9 Å². The monoisotopic (exact) mass is 323 g/mol. The topological polar surface area (TPSA) is 83.6 Å². The molecule has 1 atom stereocenters.